The summed E-state index contributed by atoms with van der Waals surface area (Å²) in [5.41, 5.74) is 0.647. The number of nitrogens with zero attached hydrogens (tertiary/aromatic N) is 1. The normalized spacial score (nSPS) is 17.4. The Morgan fingerprint density at radius 2 is 1.82 bits per heavy atom. The van der Waals surface area contributed by atoms with Crippen LogP contribution in [0.5, 0.6) is 11.5 Å². The van der Waals surface area contributed by atoms with Gasteiger partial charge in [0.15, 0.2) is 0 Å². The number of ether oxygens (including phenoxy) is 2. The molecule has 0 aliphatic carbocycles. The van der Waals surface area contributed by atoms with E-state index in [1.165, 1.54) is 25.7 Å². The number of likely N-dealkylation sites (tertiary alicyclic amines) is 1. The lowest BCUT2D eigenvalue weighted by molar-refractivity contribution is -0.120. The Morgan fingerprint density at radius 3 is 2.41 bits per heavy atom. The van der Waals surface area contributed by atoms with Crippen molar-refractivity contribution < 1.29 is 14.3 Å². The van der Waals surface area contributed by atoms with Crippen LogP contribution in [0.15, 0.2) is 18.2 Å². The number of anilines is 1. The number of benzene rings is 1. The van der Waals surface area contributed by atoms with Crippen LogP contribution in [0.1, 0.15) is 32.6 Å². The van der Waals surface area contributed by atoms with Crippen molar-refractivity contribution in [3.05, 3.63) is 18.2 Å². The molecule has 1 N–H and O–H groups in total. The van der Waals surface area contributed by atoms with E-state index in [0.29, 0.717) is 17.2 Å². The van der Waals surface area contributed by atoms with Gasteiger partial charge in [0, 0.05) is 6.07 Å². The minimum atomic E-state index is -0.144. The van der Waals surface area contributed by atoms with Gasteiger partial charge in [0.2, 0.25) is 5.91 Å². The van der Waals surface area contributed by atoms with Crippen molar-refractivity contribution in [1.29, 1.82) is 0 Å². The van der Waals surface area contributed by atoms with Crippen molar-refractivity contribution in [1.82, 2.24) is 4.90 Å². The Hall–Kier alpha value is -1.75. The van der Waals surface area contributed by atoms with Gasteiger partial charge in [-0.2, -0.15) is 0 Å². The second-order valence-electron chi connectivity index (χ2n) is 5.68. The molecule has 122 valence electrons. The Morgan fingerprint density at radius 1 is 1.14 bits per heavy atom. The number of carbonyl (C=O) groups is 1. The smallest absolute Gasteiger partial charge is 0.241 e. The van der Waals surface area contributed by atoms with Crippen molar-refractivity contribution in [3.63, 3.8) is 0 Å². The van der Waals surface area contributed by atoms with Crippen LogP contribution in [0.25, 0.3) is 0 Å². The van der Waals surface area contributed by atoms with Crippen LogP contribution in [0.3, 0.4) is 0 Å². The number of nitrogens with one attached hydrogen (secondary N) is 1. The van der Waals surface area contributed by atoms with Crippen molar-refractivity contribution in [2.24, 2.45) is 0 Å². The maximum atomic E-state index is 12.5. The van der Waals surface area contributed by atoms with Gasteiger partial charge in [-0.3, -0.25) is 9.69 Å². The summed E-state index contributed by atoms with van der Waals surface area (Å²) < 4.78 is 10.5. The summed E-state index contributed by atoms with van der Waals surface area (Å²) in [6, 6.07) is 5.25. The Kier molecular flexibility index (Phi) is 6.07. The summed E-state index contributed by atoms with van der Waals surface area (Å²) in [6.07, 6.45) is 4.85. The second kappa shape index (κ2) is 8.03. The first-order valence-corrected chi connectivity index (χ1v) is 7.92. The molecule has 1 aromatic rings. The fourth-order valence-electron chi connectivity index (χ4n) is 2.80. The van der Waals surface area contributed by atoms with Gasteiger partial charge in [-0.25, -0.2) is 0 Å². The summed E-state index contributed by atoms with van der Waals surface area (Å²) >= 11 is 0. The summed E-state index contributed by atoms with van der Waals surface area (Å²) in [5.74, 6) is 1.32. The largest absolute Gasteiger partial charge is 0.497 e. The quantitative estimate of drug-likeness (QED) is 0.909. The number of amides is 1. The molecule has 5 nitrogen and oxygen atoms in total. The zero-order valence-corrected chi connectivity index (χ0v) is 13.7. The third-order valence-corrected chi connectivity index (χ3v) is 4.23. The molecule has 0 bridgehead atoms. The fourth-order valence-corrected chi connectivity index (χ4v) is 2.80. The molecule has 1 aromatic carbocycles. The number of methoxy groups -OCH3 is 2. The highest BCUT2D eigenvalue weighted by molar-refractivity contribution is 5.96. The first-order valence-electron chi connectivity index (χ1n) is 7.92. The lowest BCUT2D eigenvalue weighted by Crippen LogP contribution is -2.42. The maximum absolute atomic E-state index is 12.5. The number of carbonyl (C=O) groups excluding carboxylic acids is 1. The Bertz CT molecular complexity index is 497. The Balaban J connectivity index is 2.06. The van der Waals surface area contributed by atoms with E-state index >= 15 is 0 Å². The van der Waals surface area contributed by atoms with Gasteiger partial charge in [0.1, 0.15) is 11.5 Å². The van der Waals surface area contributed by atoms with Crippen LogP contribution in [-0.2, 0) is 4.79 Å². The highest BCUT2D eigenvalue weighted by atomic mass is 16.5. The average Bonchev–Trinajstić information content (AvgIpc) is 2.83. The van der Waals surface area contributed by atoms with E-state index in [-0.39, 0.29) is 11.9 Å². The van der Waals surface area contributed by atoms with Crippen molar-refractivity contribution in [3.8, 4) is 11.5 Å². The third-order valence-electron chi connectivity index (χ3n) is 4.23. The standard InChI is InChI=1S/C17H26N2O3/c1-13(19-10-6-4-5-7-11-19)17(20)18-15-12-14(21-2)8-9-16(15)22-3/h8-9,12-13H,4-7,10-11H2,1-3H3,(H,18,20). The molecule has 1 heterocycles. The lowest BCUT2D eigenvalue weighted by Gasteiger charge is -2.26. The van der Waals surface area contributed by atoms with Gasteiger partial charge >= 0.3 is 0 Å². The van der Waals surface area contributed by atoms with Crippen LogP contribution < -0.4 is 14.8 Å². The molecular weight excluding hydrogens is 280 g/mol. The zero-order chi connectivity index (χ0) is 15.9. The molecular formula is C17H26N2O3. The van der Waals surface area contributed by atoms with Crippen LogP contribution >= 0.6 is 0 Å². The summed E-state index contributed by atoms with van der Waals surface area (Å²) in [5, 5.41) is 2.97. The van der Waals surface area contributed by atoms with Crippen molar-refractivity contribution in [2.45, 2.75) is 38.6 Å². The maximum Gasteiger partial charge on any atom is 0.241 e. The number of rotatable bonds is 5. The molecule has 1 saturated heterocycles. The molecule has 0 spiro atoms. The van der Waals surface area contributed by atoms with Crippen molar-refractivity contribution >= 4 is 11.6 Å². The highest BCUT2D eigenvalue weighted by Crippen LogP contribution is 2.29. The van der Waals surface area contributed by atoms with E-state index in [2.05, 4.69) is 10.2 Å². The zero-order valence-electron chi connectivity index (χ0n) is 13.7. The molecule has 1 unspecified atom stereocenters. The highest BCUT2D eigenvalue weighted by Gasteiger charge is 2.23. The van der Waals surface area contributed by atoms with Crippen LogP contribution in [0.2, 0.25) is 0 Å². The molecule has 22 heavy (non-hydrogen) atoms. The topological polar surface area (TPSA) is 50.8 Å². The van der Waals surface area contributed by atoms with Gasteiger partial charge in [0.25, 0.3) is 0 Å². The van der Waals surface area contributed by atoms with E-state index < -0.39 is 0 Å². The second-order valence-corrected chi connectivity index (χ2v) is 5.68. The lowest BCUT2D eigenvalue weighted by atomic mass is 10.2. The molecule has 1 aliphatic rings. The van der Waals surface area contributed by atoms with Crippen LogP contribution in [-0.4, -0.2) is 44.2 Å². The summed E-state index contributed by atoms with van der Waals surface area (Å²) in [7, 11) is 3.20. The number of hydrogen-bond donors (Lipinski definition) is 1. The summed E-state index contributed by atoms with van der Waals surface area (Å²) in [6.45, 7) is 3.95. The summed E-state index contributed by atoms with van der Waals surface area (Å²) in [4.78, 5) is 14.8. The third kappa shape index (κ3) is 4.13. The predicted octanol–water partition coefficient (Wildman–Crippen LogP) is 2.91. The molecule has 1 amide bonds. The van der Waals surface area contributed by atoms with E-state index in [4.69, 9.17) is 9.47 Å². The molecule has 1 aliphatic heterocycles. The van der Waals surface area contributed by atoms with Crippen LogP contribution in [0, 0.1) is 0 Å². The fraction of sp³-hybridized carbons (Fsp3) is 0.588. The van der Waals surface area contributed by atoms with Gasteiger partial charge in [-0.05, 0) is 45.0 Å². The first kappa shape index (κ1) is 16.6. The SMILES string of the molecule is COc1ccc(OC)c(NC(=O)C(C)N2CCCCCC2)c1. The van der Waals surface area contributed by atoms with Crippen LogP contribution in [0.4, 0.5) is 5.69 Å². The van der Waals surface area contributed by atoms with Gasteiger partial charge in [-0.1, -0.05) is 12.8 Å². The van der Waals surface area contributed by atoms with E-state index in [1.807, 2.05) is 13.0 Å². The molecule has 0 radical (unpaired) electrons. The predicted molar refractivity (Wildman–Crippen MR) is 87.7 cm³/mol. The monoisotopic (exact) mass is 306 g/mol. The minimum Gasteiger partial charge on any atom is -0.497 e. The Labute approximate surface area is 132 Å². The molecule has 0 saturated carbocycles. The van der Waals surface area contributed by atoms with Crippen molar-refractivity contribution in [2.75, 3.05) is 32.6 Å². The number of hydrogen-bond acceptors (Lipinski definition) is 4. The molecule has 1 atom stereocenters. The van der Waals surface area contributed by atoms with Gasteiger partial charge in [0.05, 0.1) is 25.9 Å². The van der Waals surface area contributed by atoms with E-state index in [9.17, 15) is 4.79 Å². The van der Waals surface area contributed by atoms with E-state index in [1.54, 1.807) is 26.4 Å². The molecule has 5 heteroatoms. The molecule has 0 aromatic heterocycles. The van der Waals surface area contributed by atoms with Gasteiger partial charge < -0.3 is 14.8 Å². The minimum absolute atomic E-state index is 0.00606. The average molecular weight is 306 g/mol. The first-order chi connectivity index (χ1) is 10.7. The molecule has 2 rings (SSSR count). The van der Waals surface area contributed by atoms with E-state index in [0.717, 1.165) is 13.1 Å². The molecule has 1 fully saturated rings. The van der Waals surface area contributed by atoms with Gasteiger partial charge in [-0.15, -0.1) is 0 Å².